The number of thiophene rings is 1. The highest BCUT2D eigenvalue weighted by atomic mass is 32.1. The molecule has 0 radical (unpaired) electrons. The summed E-state index contributed by atoms with van der Waals surface area (Å²) >= 11 is 7.37. The predicted molar refractivity (Wildman–Crippen MR) is 614 cm³/mol. The van der Waals surface area contributed by atoms with Gasteiger partial charge in [0.1, 0.15) is 92.3 Å². The molecule has 0 bridgehead atoms. The summed E-state index contributed by atoms with van der Waals surface area (Å²) < 4.78 is 28.6. The summed E-state index contributed by atoms with van der Waals surface area (Å²) in [6.07, 6.45) is 61.9. The highest BCUT2D eigenvalue weighted by Crippen LogP contribution is 1.92. The number of thiazole rings is 1. The number of nitrogens with zero attached hydrogens (tertiary/aromatic N) is 30. The number of imidazole rings is 1. The maximum Gasteiger partial charge on any atom is 0.213 e. The molecule has 0 aliphatic heterocycles. The minimum absolute atomic E-state index is 1.21. The van der Waals surface area contributed by atoms with Crippen LogP contribution in [0.15, 0.2) is 385 Å². The van der Waals surface area contributed by atoms with Gasteiger partial charge in [-0.3, -0.25) is 25.3 Å². The van der Waals surface area contributed by atoms with Crippen LogP contribution >= 0.6 is 57.3 Å². The minimum atomic E-state index is 1.21. The van der Waals surface area contributed by atoms with Crippen LogP contribution < -0.4 is 0 Å². The van der Waals surface area contributed by atoms with Gasteiger partial charge in [0, 0.05) is 92.1 Å². The maximum absolute atomic E-state index is 4.58. The summed E-state index contributed by atoms with van der Waals surface area (Å²) in [4.78, 5) is 56.2. The lowest BCUT2D eigenvalue weighted by molar-refractivity contribution is 0.416. The van der Waals surface area contributed by atoms with Crippen molar-refractivity contribution in [3.63, 3.8) is 0 Å². The van der Waals surface area contributed by atoms with Gasteiger partial charge in [-0.25, -0.2) is 59.8 Å². The number of oxazole rings is 1. The molecule has 0 aliphatic carbocycles. The Morgan fingerprint density at radius 2 is 0.697 bits per heavy atom. The molecule has 0 aliphatic rings. The number of hydrogen-bond acceptors (Lipinski definition) is 39. The average Bonchev–Trinajstić information content (AvgIpc) is 2.04. The van der Waals surface area contributed by atoms with Crippen molar-refractivity contribution in [1.29, 1.82) is 0 Å². The van der Waals surface area contributed by atoms with Gasteiger partial charge in [-0.1, -0.05) is 305 Å². The van der Waals surface area contributed by atoms with E-state index < -0.39 is 0 Å². The molecule has 0 atom stereocenters. The molecular weight excluding hydrogens is 1930 g/mol. The van der Waals surface area contributed by atoms with Crippen LogP contribution in [0, 0.1) is 0 Å². The first-order valence-electron chi connectivity index (χ1n) is 48.4. The fourth-order valence-corrected chi connectivity index (χ4v) is 5.58. The molecule has 145 heavy (non-hydrogen) atoms. The van der Waals surface area contributed by atoms with Crippen molar-refractivity contribution in [2.75, 3.05) is 0 Å². The number of aromatic nitrogens is 36. The SMILES string of the molecule is CC.CC.CC.CC.CC.CC.CC.CC.CC.CC.CC.CC.CC.CC.CC.CC.CC.CC.CC.CC.c1c[nH]cn1.c1cc[nH]c1.c1ccncc1.c1ccnnc1.c1ccoc1.c1ccsc1.c1cn[nH]c1.c1cn[nH]n1.c1cncnc1.c1cnncn1.c1cnoc1.c1cnsn1.c1cocn1.c1cscn1.c1nc[nH]n1.c1nc[nH]n1.c1ncncn1.c1ncon1.c1ncsn1.c1nncs1. The Morgan fingerprint density at radius 1 is 0.200 bits per heavy atom. The van der Waals surface area contributed by atoms with Gasteiger partial charge < -0.3 is 27.8 Å². The van der Waals surface area contributed by atoms with Crippen LogP contribution in [0.4, 0.5) is 0 Å². The van der Waals surface area contributed by atoms with Crippen LogP contribution in [0.1, 0.15) is 277 Å². The number of pyridine rings is 1. The topological polar surface area (TPSA) is 534 Å². The fourth-order valence-electron chi connectivity index (χ4n) is 3.96. The summed E-state index contributed by atoms with van der Waals surface area (Å²) in [5.41, 5.74) is 6.83. The van der Waals surface area contributed by atoms with E-state index in [0.717, 1.165) is 0 Å². The van der Waals surface area contributed by atoms with Crippen LogP contribution in [-0.2, 0) is 0 Å². The van der Waals surface area contributed by atoms with Crippen LogP contribution in [0.3, 0.4) is 0 Å². The zero-order valence-electron chi connectivity index (χ0n) is 94.7. The zero-order valence-corrected chi connectivity index (χ0v) is 98.8. The largest absolute Gasteiger partial charge is 0.473 e. The molecule has 0 amide bonds. The van der Waals surface area contributed by atoms with Crippen molar-refractivity contribution in [3.05, 3.63) is 367 Å². The highest BCUT2D eigenvalue weighted by Gasteiger charge is 1.69. The number of nitrogens with one attached hydrogen (secondary N) is 6. The lowest BCUT2D eigenvalue weighted by Crippen LogP contribution is -1.75. The molecule has 0 saturated heterocycles. The number of rotatable bonds is 0. The molecule has 20 aromatic rings. The molecule has 820 valence electrons. The van der Waals surface area contributed by atoms with E-state index in [1.165, 1.54) is 136 Å². The molecule has 0 saturated carbocycles. The van der Waals surface area contributed by atoms with Crippen molar-refractivity contribution in [3.8, 4) is 0 Å². The summed E-state index contributed by atoms with van der Waals surface area (Å²) in [7, 11) is 0. The van der Waals surface area contributed by atoms with Gasteiger partial charge in [-0.2, -0.15) is 70.5 Å². The Hall–Kier alpha value is -14.7. The van der Waals surface area contributed by atoms with Gasteiger partial charge in [-0.15, -0.1) is 38.0 Å². The van der Waals surface area contributed by atoms with Crippen LogP contribution in [0.2, 0.25) is 0 Å². The first-order valence-corrected chi connectivity index (χ1v) is 52.8. The van der Waals surface area contributed by atoms with Crippen LogP contribution in [-0.4, -0.2) is 180 Å². The first-order chi connectivity index (χ1) is 72.5. The first kappa shape index (κ1) is 179. The summed E-state index contributed by atoms with van der Waals surface area (Å²) in [5.74, 6) is 0. The second kappa shape index (κ2) is 261. The van der Waals surface area contributed by atoms with E-state index in [0.29, 0.717) is 0 Å². The smallest absolute Gasteiger partial charge is 0.213 e. The second-order valence-corrected chi connectivity index (χ2v) is 18.2. The molecule has 0 unspecified atom stereocenters. The highest BCUT2D eigenvalue weighted by molar-refractivity contribution is 7.08. The van der Waals surface area contributed by atoms with Gasteiger partial charge >= 0.3 is 0 Å². The van der Waals surface area contributed by atoms with Crippen molar-refractivity contribution in [1.82, 2.24) is 180 Å². The lowest BCUT2D eigenvalue weighted by atomic mass is 10.5. The molecule has 45 heteroatoms. The summed E-state index contributed by atoms with van der Waals surface area (Å²) in [6.45, 7) is 80.0. The Labute approximate surface area is 893 Å². The molecule has 20 heterocycles. The number of aromatic amines is 6. The third-order valence-corrected chi connectivity index (χ3v) is 10.1. The molecule has 20 rings (SSSR count). The fraction of sp³-hybridized carbons (Fsp3) is 0.400. The normalized spacial score (nSPS) is 6.62. The monoisotopic (exact) mass is 2120 g/mol. The quantitative estimate of drug-likeness (QED) is 0.0821. The van der Waals surface area contributed by atoms with Crippen molar-refractivity contribution in [2.45, 2.75) is 277 Å². The standard InChI is InChI=1S/C5H5N.2C4H4N2.C4H5N.C4H4O.C4H4S.2C3H3N3.2C3H4N2.2C3H3NO.C3H3NS.3C2H3N3.C2H2N2O.3C2H2N2S.20C2H6/c1-2-4-6-5-3-1;1-2-5-4-6-3-1;1-2-4-6-5-3-1;3*1-2-4-5-3-1;1-4-2-6-3-5-1;1-2-5-6-3-4-1;1-2-5-3-4-1;1-2-4-5-3-1;1-2-5-3-4-1;1-2-4-5-3-1;1-2-5-3-4-1;2*1-3-2-5-4-1;1-2-4-5-3-1;1-3-2-5-4-1;1-3-4-2-5-1;1-3-2-5-4-1;1-2-4-5-3-1;20*1-2/h1-5H;2*1-4H;1-5H;2*1-4H;2*1-3H;2*1-3H,(H,4,5);3*1-3H;3*1-2H,(H,3,4,5);4*1-2H;20*1-2H3. The lowest BCUT2D eigenvalue weighted by Gasteiger charge is -1.70. The molecule has 0 fully saturated rings. The summed E-state index contributed by atoms with van der Waals surface area (Å²) in [6, 6.07) is 26.3. The van der Waals surface area contributed by atoms with Gasteiger partial charge in [0.25, 0.3) is 0 Å². The van der Waals surface area contributed by atoms with E-state index in [1.807, 2.05) is 378 Å². The number of furan rings is 1. The Bertz CT molecular complexity index is 2810. The molecule has 6 N–H and O–H groups in total. The molecular formula is C100H186N36O4S5. The van der Waals surface area contributed by atoms with Gasteiger partial charge in [0.2, 0.25) is 6.39 Å². The second-order valence-electron chi connectivity index (χ2n) is 14.8. The van der Waals surface area contributed by atoms with Gasteiger partial charge in [-0.05, 0) is 89.0 Å². The Kier molecular flexibility index (Phi) is 322. The molecule has 40 nitrogen and oxygen atoms in total. The zero-order chi connectivity index (χ0) is 114. The number of H-pyrrole nitrogens is 6. The van der Waals surface area contributed by atoms with E-state index in [-0.39, 0.29) is 0 Å². The maximum atomic E-state index is 4.58. The average molecular weight is 2120 g/mol. The molecule has 20 aromatic heterocycles. The van der Waals surface area contributed by atoms with E-state index in [2.05, 4.69) is 198 Å². The van der Waals surface area contributed by atoms with Gasteiger partial charge in [0.15, 0.2) is 12.7 Å². The minimum Gasteiger partial charge on any atom is -0.473 e. The predicted octanol–water partition coefficient (Wildman–Crippen LogP) is 30.8. The van der Waals surface area contributed by atoms with Crippen molar-refractivity contribution < 1.29 is 17.9 Å². The van der Waals surface area contributed by atoms with E-state index in [1.54, 1.807) is 187 Å². The number of hydrogen-bond donors (Lipinski definition) is 6. The van der Waals surface area contributed by atoms with E-state index in [4.69, 9.17) is 0 Å². The van der Waals surface area contributed by atoms with Crippen molar-refractivity contribution >= 4 is 57.3 Å². The Balaban J connectivity index is -0.0000000619. The van der Waals surface area contributed by atoms with E-state index >= 15 is 0 Å². The van der Waals surface area contributed by atoms with Crippen LogP contribution in [0.5, 0.6) is 0 Å². The van der Waals surface area contributed by atoms with Gasteiger partial charge in [0.05, 0.1) is 79.5 Å². The third kappa shape index (κ3) is 257. The van der Waals surface area contributed by atoms with Crippen LogP contribution in [0.25, 0.3) is 0 Å². The summed E-state index contributed by atoms with van der Waals surface area (Å²) in [5, 5.41) is 61.1. The third-order valence-electron chi connectivity index (χ3n) is 7.66. The molecule has 0 aromatic carbocycles. The molecule has 0 spiro atoms. The van der Waals surface area contributed by atoms with E-state index in [9.17, 15) is 0 Å². The van der Waals surface area contributed by atoms with Crippen molar-refractivity contribution in [2.24, 2.45) is 0 Å². The Morgan fingerprint density at radius 3 is 0.828 bits per heavy atom.